The van der Waals surface area contributed by atoms with Gasteiger partial charge in [-0.05, 0) is 38.3 Å². The van der Waals surface area contributed by atoms with Crippen LogP contribution >= 0.6 is 0 Å². The van der Waals surface area contributed by atoms with Crippen LogP contribution in [0.2, 0.25) is 0 Å². The first-order chi connectivity index (χ1) is 17.7. The van der Waals surface area contributed by atoms with Crippen molar-refractivity contribution >= 4 is 34.7 Å². The standard InChI is InChI=1S/C24H23FN10O2/c1-23(25)10-12(23)20(36)29-16-9-14(18(32-31-16)21(37)27-2)28-13-5-4-6-15-19(13)34(3)24(7-8-24)22-30-17(11-26)33-35(15)22/h4-6,9,12H,7-8,10H2,1-3H3,(H,27,37)(H2,28,29,31,36). The quantitative estimate of drug-likeness (QED) is 0.476. The highest BCUT2D eigenvalue weighted by Crippen LogP contribution is 2.57. The lowest BCUT2D eigenvalue weighted by molar-refractivity contribution is -0.118. The molecule has 1 spiro atoms. The van der Waals surface area contributed by atoms with Gasteiger partial charge in [0.05, 0.1) is 28.7 Å². The number of alkyl halides is 1. The van der Waals surface area contributed by atoms with E-state index in [4.69, 9.17) is 0 Å². The van der Waals surface area contributed by atoms with Gasteiger partial charge in [-0.15, -0.1) is 15.3 Å². The fourth-order valence-corrected chi connectivity index (χ4v) is 4.92. The largest absolute Gasteiger partial charge is 0.358 e. The number of fused-ring (bicyclic) bond motifs is 4. The number of amides is 2. The molecular formula is C24H23FN10O2. The van der Waals surface area contributed by atoms with E-state index in [2.05, 4.69) is 41.1 Å². The van der Waals surface area contributed by atoms with E-state index in [-0.39, 0.29) is 29.3 Å². The molecule has 3 aromatic rings. The number of carbonyl (C=O) groups excluding carboxylic acids is 2. The molecule has 2 saturated carbocycles. The van der Waals surface area contributed by atoms with Crippen LogP contribution < -0.4 is 20.9 Å². The van der Waals surface area contributed by atoms with Crippen LogP contribution in [-0.2, 0) is 10.3 Å². The molecule has 12 nitrogen and oxygen atoms in total. The SMILES string of the molecule is CNC(=O)c1nnc(NC(=O)C2CC2(C)F)cc1Nc1cccc2c1N(C)C1(CC1)c1nc(C#N)nn1-2. The Morgan fingerprint density at radius 2 is 2.00 bits per heavy atom. The third kappa shape index (κ3) is 3.47. The molecule has 1 aliphatic heterocycles. The van der Waals surface area contributed by atoms with Gasteiger partial charge in [0, 0.05) is 20.2 Å². The Labute approximate surface area is 210 Å². The van der Waals surface area contributed by atoms with Gasteiger partial charge in [0.1, 0.15) is 17.3 Å². The highest BCUT2D eigenvalue weighted by molar-refractivity contribution is 6.00. The third-order valence-electron chi connectivity index (χ3n) is 7.31. The van der Waals surface area contributed by atoms with Gasteiger partial charge < -0.3 is 20.9 Å². The van der Waals surface area contributed by atoms with E-state index in [0.717, 1.165) is 30.0 Å². The lowest BCUT2D eigenvalue weighted by Gasteiger charge is -2.37. The van der Waals surface area contributed by atoms with Crippen molar-refractivity contribution in [2.24, 2.45) is 5.92 Å². The summed E-state index contributed by atoms with van der Waals surface area (Å²) in [5, 5.41) is 30.2. The maximum Gasteiger partial charge on any atom is 0.273 e. The maximum absolute atomic E-state index is 14.0. The molecule has 2 aromatic heterocycles. The molecule has 2 fully saturated rings. The summed E-state index contributed by atoms with van der Waals surface area (Å²) in [4.78, 5) is 31.6. The zero-order valence-corrected chi connectivity index (χ0v) is 20.3. The zero-order chi connectivity index (χ0) is 26.1. The fourth-order valence-electron chi connectivity index (χ4n) is 4.92. The second-order valence-corrected chi connectivity index (χ2v) is 9.77. The number of nitrogens with one attached hydrogen (secondary N) is 3. The van der Waals surface area contributed by atoms with Crippen molar-refractivity contribution in [2.75, 3.05) is 29.6 Å². The Bertz CT molecular complexity index is 1520. The Morgan fingerprint density at radius 1 is 1.24 bits per heavy atom. The van der Waals surface area contributed by atoms with Crippen LogP contribution in [0.4, 0.5) is 27.3 Å². The molecule has 3 N–H and O–H groups in total. The number of para-hydroxylation sites is 1. The highest BCUT2D eigenvalue weighted by atomic mass is 19.1. The molecule has 37 heavy (non-hydrogen) atoms. The van der Waals surface area contributed by atoms with Gasteiger partial charge in [0.25, 0.3) is 11.7 Å². The van der Waals surface area contributed by atoms with Crippen molar-refractivity contribution in [3.8, 4) is 11.8 Å². The summed E-state index contributed by atoms with van der Waals surface area (Å²) in [6.45, 7) is 1.38. The first-order valence-corrected chi connectivity index (χ1v) is 11.8. The van der Waals surface area contributed by atoms with Gasteiger partial charge in [0.2, 0.25) is 5.91 Å². The van der Waals surface area contributed by atoms with E-state index in [1.165, 1.54) is 20.0 Å². The number of hydrogen-bond acceptors (Lipinski definition) is 9. The first-order valence-electron chi connectivity index (χ1n) is 11.8. The van der Waals surface area contributed by atoms with E-state index < -0.39 is 23.4 Å². The number of halogens is 1. The van der Waals surface area contributed by atoms with E-state index in [1.54, 1.807) is 4.68 Å². The van der Waals surface area contributed by atoms with Crippen LogP contribution in [0.1, 0.15) is 48.3 Å². The Morgan fingerprint density at radius 3 is 2.65 bits per heavy atom. The number of aromatic nitrogens is 5. The van der Waals surface area contributed by atoms with Gasteiger partial charge in [-0.25, -0.2) is 9.07 Å². The summed E-state index contributed by atoms with van der Waals surface area (Å²) in [6.07, 6.45) is 1.85. The number of rotatable bonds is 5. The monoisotopic (exact) mass is 502 g/mol. The number of nitrogens with zero attached hydrogens (tertiary/aromatic N) is 7. The molecule has 0 bridgehead atoms. The van der Waals surface area contributed by atoms with Crippen molar-refractivity contribution < 1.29 is 14.0 Å². The Hall–Kier alpha value is -4.60. The van der Waals surface area contributed by atoms with Gasteiger partial charge in [-0.1, -0.05) is 6.07 Å². The molecule has 188 valence electrons. The van der Waals surface area contributed by atoms with Crippen LogP contribution in [0.3, 0.4) is 0 Å². The molecule has 13 heteroatoms. The van der Waals surface area contributed by atoms with Crippen LogP contribution in [-0.4, -0.2) is 56.5 Å². The summed E-state index contributed by atoms with van der Waals surface area (Å²) in [6, 6.07) is 9.07. The molecule has 2 amide bonds. The molecule has 0 saturated heterocycles. The van der Waals surface area contributed by atoms with E-state index >= 15 is 0 Å². The average Bonchev–Trinajstić information content (AvgIpc) is 3.76. The van der Waals surface area contributed by atoms with E-state index in [0.29, 0.717) is 11.4 Å². The van der Waals surface area contributed by atoms with Crippen LogP contribution in [0, 0.1) is 17.2 Å². The first kappa shape index (κ1) is 22.8. The molecule has 3 heterocycles. The summed E-state index contributed by atoms with van der Waals surface area (Å²) in [5.41, 5.74) is 0.596. The Balaban J connectivity index is 1.40. The lowest BCUT2D eigenvalue weighted by Crippen LogP contribution is -2.39. The van der Waals surface area contributed by atoms with Gasteiger partial charge >= 0.3 is 0 Å². The van der Waals surface area contributed by atoms with Gasteiger partial charge in [-0.2, -0.15) is 10.2 Å². The molecule has 6 rings (SSSR count). The number of carbonyl (C=O) groups is 2. The predicted molar refractivity (Wildman–Crippen MR) is 130 cm³/mol. The van der Waals surface area contributed by atoms with Crippen LogP contribution in [0.15, 0.2) is 24.3 Å². The highest BCUT2D eigenvalue weighted by Gasteiger charge is 2.56. The minimum Gasteiger partial charge on any atom is -0.358 e. The normalized spacial score (nSPS) is 21.9. The van der Waals surface area contributed by atoms with Crippen molar-refractivity contribution in [3.05, 3.63) is 41.6 Å². The smallest absolute Gasteiger partial charge is 0.273 e. The van der Waals surface area contributed by atoms with Gasteiger partial charge in [0.15, 0.2) is 17.3 Å². The number of hydrogen-bond donors (Lipinski definition) is 3. The molecule has 2 aliphatic carbocycles. The van der Waals surface area contributed by atoms with Crippen LogP contribution in [0.25, 0.3) is 5.69 Å². The predicted octanol–water partition coefficient (Wildman–Crippen LogP) is 2.16. The number of nitriles is 1. The van der Waals surface area contributed by atoms with E-state index in [1.807, 2.05) is 31.3 Å². The second kappa shape index (κ2) is 7.70. The molecule has 0 radical (unpaired) electrons. The minimum absolute atomic E-state index is 0.0210. The van der Waals surface area contributed by atoms with Gasteiger partial charge in [-0.3, -0.25) is 9.59 Å². The number of anilines is 4. The van der Waals surface area contributed by atoms with Crippen molar-refractivity contribution in [1.82, 2.24) is 30.3 Å². The summed E-state index contributed by atoms with van der Waals surface area (Å²) < 4.78 is 15.7. The summed E-state index contributed by atoms with van der Waals surface area (Å²) in [5.74, 6) is -0.793. The third-order valence-corrected chi connectivity index (χ3v) is 7.31. The van der Waals surface area contributed by atoms with Crippen LogP contribution in [0.5, 0.6) is 0 Å². The fraction of sp³-hybridized carbons (Fsp3) is 0.375. The zero-order valence-electron chi connectivity index (χ0n) is 20.3. The number of benzene rings is 1. The second-order valence-electron chi connectivity index (χ2n) is 9.77. The van der Waals surface area contributed by atoms with Crippen molar-refractivity contribution in [1.29, 1.82) is 5.26 Å². The minimum atomic E-state index is -1.53. The van der Waals surface area contributed by atoms with Crippen molar-refractivity contribution in [3.63, 3.8) is 0 Å². The maximum atomic E-state index is 14.0. The van der Waals surface area contributed by atoms with E-state index in [9.17, 15) is 19.2 Å². The average molecular weight is 503 g/mol. The summed E-state index contributed by atoms with van der Waals surface area (Å²) in [7, 11) is 3.44. The lowest BCUT2D eigenvalue weighted by atomic mass is 10.1. The Kier molecular flexibility index (Phi) is 4.75. The summed E-state index contributed by atoms with van der Waals surface area (Å²) >= 11 is 0. The van der Waals surface area contributed by atoms with Crippen molar-refractivity contribution in [2.45, 2.75) is 37.4 Å². The molecule has 1 aromatic carbocycles. The molecule has 3 aliphatic rings. The molecule has 2 atom stereocenters. The topological polar surface area (TPSA) is 154 Å². The molecular weight excluding hydrogens is 479 g/mol. The molecule has 2 unspecified atom stereocenters.